The Morgan fingerprint density at radius 2 is 1.74 bits per heavy atom. The van der Waals surface area contributed by atoms with Gasteiger partial charge in [0.2, 0.25) is 5.09 Å². The van der Waals surface area contributed by atoms with Crippen molar-refractivity contribution in [1.82, 2.24) is 9.62 Å². The highest BCUT2D eigenvalue weighted by Crippen LogP contribution is 2.23. The van der Waals surface area contributed by atoms with Gasteiger partial charge in [0.05, 0.1) is 5.56 Å². The van der Waals surface area contributed by atoms with Crippen LogP contribution in [0.3, 0.4) is 0 Å². The molecular weight excluding hydrogens is 372 g/mol. The predicted molar refractivity (Wildman–Crippen MR) is 98.1 cm³/mol. The van der Waals surface area contributed by atoms with Crippen molar-refractivity contribution in [3.8, 4) is 0 Å². The van der Waals surface area contributed by atoms with Crippen molar-refractivity contribution in [3.05, 3.63) is 52.3 Å². The first-order valence-electron chi connectivity index (χ1n) is 8.09. The lowest BCUT2D eigenvalue weighted by atomic mass is 10.0. The molecule has 0 spiro atoms. The number of sulfonamides is 1. The number of carboxylic acids is 1. The largest absolute Gasteiger partial charge is 0.479 e. The van der Waals surface area contributed by atoms with Gasteiger partial charge in [0.15, 0.2) is 6.04 Å². The summed E-state index contributed by atoms with van der Waals surface area (Å²) in [6.07, 6.45) is 0. The Morgan fingerprint density at radius 1 is 1.11 bits per heavy atom. The second kappa shape index (κ2) is 7.53. The minimum atomic E-state index is -3.85. The molecule has 1 atom stereocenters. The first-order chi connectivity index (χ1) is 12.4. The standard InChI is InChI=1S/C18H22N2O6S/c1-10-6-7-13(8-11(10)2)16(18(22)23)19-17(21)14-9-15(26-12(14)3)27(24,25)20(4)5/h6-9,16H,1-5H3,(H,19,21)(H,22,23). The fourth-order valence-electron chi connectivity index (χ4n) is 2.43. The van der Waals surface area contributed by atoms with E-state index in [0.29, 0.717) is 5.56 Å². The summed E-state index contributed by atoms with van der Waals surface area (Å²) in [6, 6.07) is 4.92. The molecule has 146 valence electrons. The zero-order valence-electron chi connectivity index (χ0n) is 15.7. The molecule has 0 saturated carbocycles. The van der Waals surface area contributed by atoms with E-state index in [2.05, 4.69) is 5.32 Å². The van der Waals surface area contributed by atoms with Crippen molar-refractivity contribution in [3.63, 3.8) is 0 Å². The molecular formula is C18H22N2O6S. The average molecular weight is 394 g/mol. The molecule has 0 aliphatic rings. The normalized spacial score (nSPS) is 12.8. The number of nitrogens with one attached hydrogen (secondary N) is 1. The lowest BCUT2D eigenvalue weighted by Gasteiger charge is -2.16. The second-order valence-corrected chi connectivity index (χ2v) is 8.49. The quantitative estimate of drug-likeness (QED) is 0.774. The third kappa shape index (κ3) is 4.20. The van der Waals surface area contributed by atoms with Gasteiger partial charge in [-0.2, -0.15) is 0 Å². The third-order valence-corrected chi connectivity index (χ3v) is 5.93. The number of furan rings is 1. The van der Waals surface area contributed by atoms with Crippen molar-refractivity contribution in [1.29, 1.82) is 0 Å². The molecule has 0 saturated heterocycles. The second-order valence-electron chi connectivity index (χ2n) is 6.41. The van der Waals surface area contributed by atoms with E-state index in [4.69, 9.17) is 4.42 Å². The van der Waals surface area contributed by atoms with Crippen LogP contribution < -0.4 is 5.32 Å². The maximum Gasteiger partial charge on any atom is 0.330 e. The van der Waals surface area contributed by atoms with Crippen molar-refractivity contribution in [2.45, 2.75) is 31.9 Å². The van der Waals surface area contributed by atoms with Crippen LogP contribution in [-0.2, 0) is 14.8 Å². The maximum atomic E-state index is 12.6. The van der Waals surface area contributed by atoms with Gasteiger partial charge in [-0.05, 0) is 37.5 Å². The van der Waals surface area contributed by atoms with Gasteiger partial charge >= 0.3 is 5.97 Å². The van der Waals surface area contributed by atoms with Crippen LogP contribution in [-0.4, -0.2) is 43.8 Å². The maximum absolute atomic E-state index is 12.6. The van der Waals surface area contributed by atoms with Gasteiger partial charge in [0.1, 0.15) is 5.76 Å². The molecule has 0 fully saturated rings. The Labute approximate surface area is 157 Å². The highest BCUT2D eigenvalue weighted by atomic mass is 32.2. The van der Waals surface area contributed by atoms with Crippen LogP contribution in [0.5, 0.6) is 0 Å². The molecule has 1 aromatic heterocycles. The zero-order valence-corrected chi connectivity index (χ0v) is 16.5. The van der Waals surface area contributed by atoms with Crippen LogP contribution >= 0.6 is 0 Å². The lowest BCUT2D eigenvalue weighted by molar-refractivity contribution is -0.139. The van der Waals surface area contributed by atoms with E-state index in [1.807, 2.05) is 13.8 Å². The van der Waals surface area contributed by atoms with E-state index in [0.717, 1.165) is 21.5 Å². The average Bonchev–Trinajstić information content (AvgIpc) is 2.97. The fourth-order valence-corrected chi connectivity index (χ4v) is 3.28. The van der Waals surface area contributed by atoms with Crippen LogP contribution in [0.1, 0.15) is 38.9 Å². The Hall–Kier alpha value is -2.65. The van der Waals surface area contributed by atoms with Crippen LogP contribution in [0.25, 0.3) is 0 Å². The molecule has 27 heavy (non-hydrogen) atoms. The third-order valence-electron chi connectivity index (χ3n) is 4.26. The minimum absolute atomic E-state index is 0.0366. The Kier molecular flexibility index (Phi) is 5.76. The topological polar surface area (TPSA) is 117 Å². The molecule has 1 unspecified atom stereocenters. The van der Waals surface area contributed by atoms with E-state index in [1.165, 1.54) is 21.0 Å². The molecule has 2 N–H and O–H groups in total. The molecule has 2 rings (SSSR count). The van der Waals surface area contributed by atoms with Gasteiger partial charge in [-0.25, -0.2) is 17.5 Å². The Morgan fingerprint density at radius 3 is 2.26 bits per heavy atom. The SMILES string of the molecule is Cc1ccc(C(NC(=O)c2cc(S(=O)(=O)N(C)C)oc2C)C(=O)O)cc1C. The van der Waals surface area contributed by atoms with Gasteiger partial charge in [-0.3, -0.25) is 4.79 Å². The Bertz CT molecular complexity index is 991. The number of benzene rings is 1. The molecule has 2 aromatic rings. The highest BCUT2D eigenvalue weighted by molar-refractivity contribution is 7.88. The zero-order chi connectivity index (χ0) is 20.5. The number of amides is 1. The van der Waals surface area contributed by atoms with Crippen LogP contribution in [0.2, 0.25) is 0 Å². The van der Waals surface area contributed by atoms with Crippen molar-refractivity contribution in [2.75, 3.05) is 14.1 Å². The van der Waals surface area contributed by atoms with Crippen molar-refractivity contribution in [2.24, 2.45) is 0 Å². The summed E-state index contributed by atoms with van der Waals surface area (Å²) < 4.78 is 30.5. The lowest BCUT2D eigenvalue weighted by Crippen LogP contribution is -2.34. The number of carbonyl (C=O) groups is 2. The predicted octanol–water partition coefficient (Wildman–Crippen LogP) is 2.01. The summed E-state index contributed by atoms with van der Waals surface area (Å²) in [4.78, 5) is 24.2. The first kappa shape index (κ1) is 20.7. The minimum Gasteiger partial charge on any atom is -0.479 e. The number of carbonyl (C=O) groups excluding carboxylic acids is 1. The number of aliphatic carboxylic acids is 1. The van der Waals surface area contributed by atoms with E-state index >= 15 is 0 Å². The van der Waals surface area contributed by atoms with Crippen LogP contribution in [0.4, 0.5) is 0 Å². The van der Waals surface area contributed by atoms with Crippen LogP contribution in [0.15, 0.2) is 33.8 Å². The summed E-state index contributed by atoms with van der Waals surface area (Å²) in [5.41, 5.74) is 2.28. The van der Waals surface area contributed by atoms with Gasteiger partial charge in [-0.1, -0.05) is 18.2 Å². The van der Waals surface area contributed by atoms with E-state index in [9.17, 15) is 23.1 Å². The monoisotopic (exact) mass is 394 g/mol. The van der Waals surface area contributed by atoms with Crippen molar-refractivity contribution >= 4 is 21.9 Å². The van der Waals surface area contributed by atoms with Gasteiger partial charge in [0.25, 0.3) is 15.9 Å². The molecule has 0 bridgehead atoms. The van der Waals surface area contributed by atoms with E-state index in [1.54, 1.807) is 18.2 Å². The molecule has 0 aliphatic heterocycles. The highest BCUT2D eigenvalue weighted by Gasteiger charge is 2.28. The molecule has 1 amide bonds. The summed E-state index contributed by atoms with van der Waals surface area (Å²) in [6.45, 7) is 5.18. The summed E-state index contributed by atoms with van der Waals surface area (Å²) in [5.74, 6) is -1.88. The number of hydrogen-bond donors (Lipinski definition) is 2. The molecule has 1 aromatic carbocycles. The van der Waals surface area contributed by atoms with E-state index < -0.39 is 27.9 Å². The Balaban J connectivity index is 2.35. The summed E-state index contributed by atoms with van der Waals surface area (Å²) in [7, 11) is -1.17. The van der Waals surface area contributed by atoms with E-state index in [-0.39, 0.29) is 16.4 Å². The van der Waals surface area contributed by atoms with Crippen molar-refractivity contribution < 1.29 is 27.5 Å². The molecule has 0 aliphatic carbocycles. The van der Waals surface area contributed by atoms with Gasteiger partial charge in [-0.15, -0.1) is 0 Å². The molecule has 0 radical (unpaired) electrons. The number of nitrogens with zero attached hydrogens (tertiary/aromatic N) is 1. The number of rotatable bonds is 6. The first-order valence-corrected chi connectivity index (χ1v) is 9.53. The number of aryl methyl sites for hydroxylation is 3. The molecule has 9 heteroatoms. The van der Waals surface area contributed by atoms with Gasteiger partial charge < -0.3 is 14.8 Å². The van der Waals surface area contributed by atoms with Crippen LogP contribution in [0, 0.1) is 20.8 Å². The number of hydrogen-bond acceptors (Lipinski definition) is 5. The molecule has 8 nitrogen and oxygen atoms in total. The summed E-state index contributed by atoms with van der Waals surface area (Å²) in [5, 5.41) is 11.6. The van der Waals surface area contributed by atoms with Gasteiger partial charge in [0, 0.05) is 20.2 Å². The number of carboxylic acid groups (broad SMARTS) is 1. The fraction of sp³-hybridized carbons (Fsp3) is 0.333. The summed E-state index contributed by atoms with van der Waals surface area (Å²) >= 11 is 0. The smallest absolute Gasteiger partial charge is 0.330 e. The molecule has 1 heterocycles.